The summed E-state index contributed by atoms with van der Waals surface area (Å²) >= 11 is 6.04. The van der Waals surface area contributed by atoms with Crippen LogP contribution >= 0.6 is 11.6 Å². The molecule has 0 spiro atoms. The van der Waals surface area contributed by atoms with E-state index in [9.17, 15) is 9.59 Å². The first kappa shape index (κ1) is 20.3. The van der Waals surface area contributed by atoms with Gasteiger partial charge in [-0.1, -0.05) is 28.9 Å². The summed E-state index contributed by atoms with van der Waals surface area (Å²) < 4.78 is 6.74. The standard InChI is InChI=1S/C20H20ClN5O3/c1-3-29-15-10-8-14(9-11-15)22-20(28)19-13(2)26(25-24-19)12-18(27)23-17-7-5-4-6-16(17)21/h4-11H,3,12H2,1-2H3,(H,22,28)(H,23,27). The van der Waals surface area contributed by atoms with Crippen LogP contribution in [0.2, 0.25) is 5.02 Å². The Balaban J connectivity index is 1.64. The molecule has 1 heterocycles. The van der Waals surface area contributed by atoms with E-state index < -0.39 is 5.91 Å². The number of nitrogens with zero attached hydrogens (tertiary/aromatic N) is 3. The fourth-order valence-corrected chi connectivity index (χ4v) is 2.78. The zero-order valence-electron chi connectivity index (χ0n) is 16.0. The molecule has 1 aromatic heterocycles. The first-order chi connectivity index (χ1) is 14.0. The molecule has 0 radical (unpaired) electrons. The summed E-state index contributed by atoms with van der Waals surface area (Å²) in [5, 5.41) is 13.7. The lowest BCUT2D eigenvalue weighted by molar-refractivity contribution is -0.117. The summed E-state index contributed by atoms with van der Waals surface area (Å²) in [6.45, 7) is 4.05. The summed E-state index contributed by atoms with van der Waals surface area (Å²) in [6, 6.07) is 13.9. The zero-order chi connectivity index (χ0) is 20.8. The number of nitrogens with one attached hydrogen (secondary N) is 2. The fourth-order valence-electron chi connectivity index (χ4n) is 2.60. The van der Waals surface area contributed by atoms with Crippen LogP contribution in [-0.2, 0) is 11.3 Å². The minimum Gasteiger partial charge on any atom is -0.494 e. The summed E-state index contributed by atoms with van der Waals surface area (Å²) in [6.07, 6.45) is 0. The Morgan fingerprint density at radius 2 is 1.83 bits per heavy atom. The molecule has 2 aromatic carbocycles. The van der Waals surface area contributed by atoms with Gasteiger partial charge in [-0.25, -0.2) is 4.68 Å². The topological polar surface area (TPSA) is 98.1 Å². The van der Waals surface area contributed by atoms with Gasteiger partial charge >= 0.3 is 0 Å². The normalized spacial score (nSPS) is 10.4. The molecule has 3 aromatic rings. The number of anilines is 2. The fraction of sp³-hybridized carbons (Fsp3) is 0.200. The van der Waals surface area contributed by atoms with Gasteiger partial charge in [0.2, 0.25) is 5.91 Å². The van der Waals surface area contributed by atoms with Crippen molar-refractivity contribution in [3.8, 4) is 5.75 Å². The van der Waals surface area contributed by atoms with Crippen molar-refractivity contribution in [1.29, 1.82) is 0 Å². The first-order valence-corrected chi connectivity index (χ1v) is 9.34. The summed E-state index contributed by atoms with van der Waals surface area (Å²) in [5.41, 5.74) is 1.72. The Labute approximate surface area is 172 Å². The highest BCUT2D eigenvalue weighted by Crippen LogP contribution is 2.20. The Morgan fingerprint density at radius 3 is 2.52 bits per heavy atom. The highest BCUT2D eigenvalue weighted by molar-refractivity contribution is 6.33. The maximum Gasteiger partial charge on any atom is 0.278 e. The van der Waals surface area contributed by atoms with E-state index >= 15 is 0 Å². The summed E-state index contributed by atoms with van der Waals surface area (Å²) in [5.74, 6) is -0.0221. The smallest absolute Gasteiger partial charge is 0.278 e. The molecule has 2 N–H and O–H groups in total. The van der Waals surface area contributed by atoms with Gasteiger partial charge in [0.1, 0.15) is 12.3 Å². The van der Waals surface area contributed by atoms with Crippen LogP contribution in [-0.4, -0.2) is 33.4 Å². The number of para-hydroxylation sites is 1. The van der Waals surface area contributed by atoms with E-state index in [0.29, 0.717) is 28.7 Å². The Morgan fingerprint density at radius 1 is 1.10 bits per heavy atom. The van der Waals surface area contributed by atoms with Crippen molar-refractivity contribution < 1.29 is 14.3 Å². The van der Waals surface area contributed by atoms with E-state index in [1.807, 2.05) is 6.92 Å². The van der Waals surface area contributed by atoms with Gasteiger partial charge in [0.25, 0.3) is 5.91 Å². The molecular formula is C20H20ClN5O3. The quantitative estimate of drug-likeness (QED) is 0.617. The van der Waals surface area contributed by atoms with E-state index in [1.54, 1.807) is 55.5 Å². The molecule has 0 saturated heterocycles. The van der Waals surface area contributed by atoms with Gasteiger partial charge in [0.05, 0.1) is 23.0 Å². The molecule has 0 aliphatic carbocycles. The number of benzene rings is 2. The maximum absolute atomic E-state index is 12.5. The predicted octanol–water partition coefficient (Wildman–Crippen LogP) is 3.53. The third-order valence-corrected chi connectivity index (χ3v) is 4.39. The number of rotatable bonds is 7. The van der Waals surface area contributed by atoms with Crippen LogP contribution in [0.25, 0.3) is 0 Å². The van der Waals surface area contributed by atoms with Gasteiger partial charge in [-0.15, -0.1) is 5.10 Å². The van der Waals surface area contributed by atoms with Crippen LogP contribution < -0.4 is 15.4 Å². The Kier molecular flexibility index (Phi) is 6.46. The number of carbonyl (C=O) groups excluding carboxylic acids is 2. The predicted molar refractivity (Wildman–Crippen MR) is 110 cm³/mol. The van der Waals surface area contributed by atoms with Crippen molar-refractivity contribution in [2.24, 2.45) is 0 Å². The number of hydrogen-bond donors (Lipinski definition) is 2. The third-order valence-electron chi connectivity index (χ3n) is 4.06. The van der Waals surface area contributed by atoms with Crippen molar-refractivity contribution in [3.63, 3.8) is 0 Å². The van der Waals surface area contributed by atoms with E-state index in [2.05, 4.69) is 20.9 Å². The number of aromatic nitrogens is 3. The second-order valence-electron chi connectivity index (χ2n) is 6.12. The Hall–Kier alpha value is -3.39. The van der Waals surface area contributed by atoms with E-state index in [4.69, 9.17) is 16.3 Å². The lowest BCUT2D eigenvalue weighted by atomic mass is 10.2. The van der Waals surface area contributed by atoms with Crippen LogP contribution in [0.1, 0.15) is 23.1 Å². The van der Waals surface area contributed by atoms with Crippen molar-refractivity contribution in [3.05, 3.63) is 64.9 Å². The molecule has 3 rings (SSSR count). The van der Waals surface area contributed by atoms with Crippen molar-refractivity contribution in [2.75, 3.05) is 17.2 Å². The monoisotopic (exact) mass is 413 g/mol. The average molecular weight is 414 g/mol. The molecule has 0 aliphatic rings. The van der Waals surface area contributed by atoms with Gasteiger partial charge in [0, 0.05) is 5.69 Å². The largest absolute Gasteiger partial charge is 0.494 e. The molecule has 150 valence electrons. The molecule has 0 bridgehead atoms. The number of hydrogen-bond acceptors (Lipinski definition) is 5. The third kappa shape index (κ3) is 5.11. The van der Waals surface area contributed by atoms with Gasteiger partial charge in [-0.2, -0.15) is 0 Å². The minimum absolute atomic E-state index is 0.0968. The summed E-state index contributed by atoms with van der Waals surface area (Å²) in [4.78, 5) is 24.8. The molecule has 0 fully saturated rings. The average Bonchev–Trinajstić information content (AvgIpc) is 3.06. The maximum atomic E-state index is 12.5. The second-order valence-corrected chi connectivity index (χ2v) is 6.53. The number of halogens is 1. The molecule has 0 unspecified atom stereocenters. The lowest BCUT2D eigenvalue weighted by Gasteiger charge is -2.08. The van der Waals surface area contributed by atoms with Crippen LogP contribution in [0.4, 0.5) is 11.4 Å². The molecular weight excluding hydrogens is 394 g/mol. The van der Waals surface area contributed by atoms with E-state index in [-0.39, 0.29) is 18.1 Å². The minimum atomic E-state index is -0.413. The molecule has 8 nitrogen and oxygen atoms in total. The second kappa shape index (κ2) is 9.20. The first-order valence-electron chi connectivity index (χ1n) is 8.96. The van der Waals surface area contributed by atoms with Gasteiger partial charge < -0.3 is 15.4 Å². The molecule has 2 amide bonds. The van der Waals surface area contributed by atoms with Crippen molar-refractivity contribution in [2.45, 2.75) is 20.4 Å². The van der Waals surface area contributed by atoms with Crippen molar-refractivity contribution >= 4 is 34.8 Å². The lowest BCUT2D eigenvalue weighted by Crippen LogP contribution is -2.21. The number of carbonyl (C=O) groups is 2. The molecule has 29 heavy (non-hydrogen) atoms. The SMILES string of the molecule is CCOc1ccc(NC(=O)c2nnn(CC(=O)Nc3ccccc3Cl)c2C)cc1. The molecule has 9 heteroatoms. The highest BCUT2D eigenvalue weighted by Gasteiger charge is 2.18. The number of amides is 2. The molecule has 0 atom stereocenters. The van der Waals surface area contributed by atoms with Gasteiger partial charge in [-0.05, 0) is 50.2 Å². The number of ether oxygens (including phenoxy) is 1. The van der Waals surface area contributed by atoms with E-state index in [0.717, 1.165) is 5.75 Å². The van der Waals surface area contributed by atoms with E-state index in [1.165, 1.54) is 4.68 Å². The Bertz CT molecular complexity index is 1020. The van der Waals surface area contributed by atoms with Crippen LogP contribution in [0.15, 0.2) is 48.5 Å². The highest BCUT2D eigenvalue weighted by atomic mass is 35.5. The zero-order valence-corrected chi connectivity index (χ0v) is 16.7. The van der Waals surface area contributed by atoms with Crippen LogP contribution in [0.3, 0.4) is 0 Å². The van der Waals surface area contributed by atoms with Gasteiger partial charge in [0.15, 0.2) is 5.69 Å². The van der Waals surface area contributed by atoms with Crippen molar-refractivity contribution in [1.82, 2.24) is 15.0 Å². The van der Waals surface area contributed by atoms with Crippen LogP contribution in [0, 0.1) is 6.92 Å². The van der Waals surface area contributed by atoms with Crippen LogP contribution in [0.5, 0.6) is 5.75 Å². The summed E-state index contributed by atoms with van der Waals surface area (Å²) in [7, 11) is 0. The van der Waals surface area contributed by atoms with Gasteiger partial charge in [-0.3, -0.25) is 9.59 Å². The molecule has 0 saturated carbocycles. The molecule has 0 aliphatic heterocycles.